The van der Waals surface area contributed by atoms with E-state index in [1.165, 1.54) is 17.0 Å². The Hall–Kier alpha value is -2.40. The van der Waals surface area contributed by atoms with Crippen molar-refractivity contribution in [2.45, 2.75) is 63.2 Å². The number of aromatic amines is 1. The van der Waals surface area contributed by atoms with Gasteiger partial charge in [0.15, 0.2) is 0 Å². The Morgan fingerprint density at radius 1 is 1.41 bits per heavy atom. The number of carboxylic acid groups (broad SMARTS) is 1. The zero-order valence-corrected chi connectivity index (χ0v) is 17.0. The van der Waals surface area contributed by atoms with Crippen LogP contribution in [0.5, 0.6) is 0 Å². The minimum atomic E-state index is -1.10. The van der Waals surface area contributed by atoms with Gasteiger partial charge < -0.3 is 10.1 Å². The third-order valence-electron chi connectivity index (χ3n) is 6.51. The summed E-state index contributed by atoms with van der Waals surface area (Å²) >= 11 is 0. The molecule has 2 unspecified atom stereocenters. The first-order valence-corrected chi connectivity index (χ1v) is 10.5. The van der Waals surface area contributed by atoms with Gasteiger partial charge in [-0.3, -0.25) is 4.90 Å². The van der Waals surface area contributed by atoms with Gasteiger partial charge in [0.25, 0.3) is 0 Å². The number of carboxylic acids is 1. The van der Waals surface area contributed by atoms with E-state index in [1.54, 1.807) is 6.08 Å². The number of halogens is 1. The molecule has 1 aliphatic heterocycles. The Bertz CT molecular complexity index is 957. The van der Waals surface area contributed by atoms with Crippen molar-refractivity contribution in [1.29, 1.82) is 0 Å². The monoisotopic (exact) mass is 396 g/mol. The van der Waals surface area contributed by atoms with Crippen molar-refractivity contribution >= 4 is 16.9 Å². The van der Waals surface area contributed by atoms with Gasteiger partial charge in [-0.1, -0.05) is 36.4 Å². The fourth-order valence-electron chi connectivity index (χ4n) is 4.83. The lowest BCUT2D eigenvalue weighted by Crippen LogP contribution is -2.51. The molecule has 1 aromatic carbocycles. The largest absolute Gasteiger partial charge is 0.478 e. The van der Waals surface area contributed by atoms with Gasteiger partial charge in [0.1, 0.15) is 5.67 Å². The van der Waals surface area contributed by atoms with E-state index in [0.717, 1.165) is 29.6 Å². The van der Waals surface area contributed by atoms with E-state index in [-0.39, 0.29) is 12.1 Å². The van der Waals surface area contributed by atoms with Crippen LogP contribution in [-0.4, -0.2) is 39.2 Å². The molecule has 5 heteroatoms. The highest BCUT2D eigenvalue weighted by Crippen LogP contribution is 2.45. The number of nitrogens with zero attached hydrogens (tertiary/aromatic N) is 1. The summed E-state index contributed by atoms with van der Waals surface area (Å²) in [7, 11) is 0. The molecule has 0 spiro atoms. The molecule has 4 nitrogen and oxygen atoms in total. The molecule has 2 atom stereocenters. The third-order valence-corrected chi connectivity index (χ3v) is 6.51. The highest BCUT2D eigenvalue weighted by molar-refractivity contribution is 5.85. The molecule has 1 aromatic heterocycles. The van der Waals surface area contributed by atoms with Crippen LogP contribution in [0.15, 0.2) is 48.6 Å². The summed E-state index contributed by atoms with van der Waals surface area (Å²) in [5, 5.41) is 10.0. The summed E-state index contributed by atoms with van der Waals surface area (Å²) in [6.07, 6.45) is 7.24. The highest BCUT2D eigenvalue weighted by atomic mass is 19.1. The number of aromatic nitrogens is 1. The van der Waals surface area contributed by atoms with E-state index in [9.17, 15) is 4.79 Å². The van der Waals surface area contributed by atoms with E-state index in [0.29, 0.717) is 32.2 Å². The average molecular weight is 397 g/mol. The van der Waals surface area contributed by atoms with Gasteiger partial charge in [-0.05, 0) is 57.1 Å². The molecule has 4 rings (SSSR count). The SMILES string of the molecule is C=C(CC/C=C/C(=O)O)C1c2[nH]c3ccccc3c2CC(C)N1CC1(F)CCC1. The first-order valence-electron chi connectivity index (χ1n) is 10.5. The van der Waals surface area contributed by atoms with Gasteiger partial charge in [0.2, 0.25) is 0 Å². The van der Waals surface area contributed by atoms with Gasteiger partial charge in [0.05, 0.1) is 6.04 Å². The Morgan fingerprint density at radius 3 is 2.86 bits per heavy atom. The van der Waals surface area contributed by atoms with Crippen molar-refractivity contribution in [3.8, 4) is 0 Å². The molecule has 1 aliphatic carbocycles. The molecule has 2 heterocycles. The summed E-state index contributed by atoms with van der Waals surface area (Å²) < 4.78 is 15.1. The number of hydrogen-bond donors (Lipinski definition) is 2. The van der Waals surface area contributed by atoms with Crippen LogP contribution in [0.25, 0.3) is 10.9 Å². The second-order valence-corrected chi connectivity index (χ2v) is 8.63. The molecule has 0 amide bonds. The third kappa shape index (κ3) is 3.88. The van der Waals surface area contributed by atoms with Crippen molar-refractivity contribution in [1.82, 2.24) is 9.88 Å². The van der Waals surface area contributed by atoms with Crippen LogP contribution in [0.1, 0.15) is 56.3 Å². The van der Waals surface area contributed by atoms with Crippen molar-refractivity contribution in [3.63, 3.8) is 0 Å². The van der Waals surface area contributed by atoms with Crippen LogP contribution in [0.3, 0.4) is 0 Å². The van der Waals surface area contributed by atoms with E-state index in [1.807, 2.05) is 6.07 Å². The number of carbonyl (C=O) groups is 1. The van der Waals surface area contributed by atoms with Crippen LogP contribution in [-0.2, 0) is 11.2 Å². The van der Waals surface area contributed by atoms with Crippen molar-refractivity contribution in [3.05, 3.63) is 59.8 Å². The summed E-state index contributed by atoms with van der Waals surface area (Å²) in [5.41, 5.74) is 3.44. The predicted molar refractivity (Wildman–Crippen MR) is 114 cm³/mol. The minimum absolute atomic E-state index is 0.0763. The molecule has 2 aromatic rings. The van der Waals surface area contributed by atoms with Gasteiger partial charge in [-0.15, -0.1) is 0 Å². The number of fused-ring (bicyclic) bond motifs is 3. The van der Waals surface area contributed by atoms with E-state index < -0.39 is 11.6 Å². The van der Waals surface area contributed by atoms with Gasteiger partial charge in [0, 0.05) is 35.3 Å². The number of nitrogens with one attached hydrogen (secondary N) is 1. The number of H-pyrrole nitrogens is 1. The summed E-state index contributed by atoms with van der Waals surface area (Å²) in [6.45, 7) is 6.96. The topological polar surface area (TPSA) is 56.3 Å². The van der Waals surface area contributed by atoms with E-state index >= 15 is 4.39 Å². The zero-order valence-electron chi connectivity index (χ0n) is 17.0. The number of rotatable bonds is 7. The number of benzene rings is 1. The highest BCUT2D eigenvalue weighted by Gasteiger charge is 2.44. The summed E-state index contributed by atoms with van der Waals surface area (Å²) in [5.74, 6) is -0.939. The maximum atomic E-state index is 15.1. The standard InChI is InChI=1S/C24H29FN2O2/c1-16(8-3-6-11-21(28)29)23-22-19(18-9-4-5-10-20(18)26-22)14-17(2)27(23)15-24(25)12-7-13-24/h4-6,9-11,17,23,26H,1,3,7-8,12-15H2,2H3,(H,28,29)/b11-6+. The smallest absolute Gasteiger partial charge is 0.327 e. The average Bonchev–Trinajstić information content (AvgIpc) is 3.02. The van der Waals surface area contributed by atoms with Crippen molar-refractivity contribution in [2.75, 3.05) is 6.54 Å². The van der Waals surface area contributed by atoms with Crippen LogP contribution >= 0.6 is 0 Å². The second-order valence-electron chi connectivity index (χ2n) is 8.63. The van der Waals surface area contributed by atoms with Gasteiger partial charge in [-0.25, -0.2) is 9.18 Å². The molecule has 1 saturated carbocycles. The quantitative estimate of drug-likeness (QED) is 0.492. The second kappa shape index (κ2) is 7.79. The van der Waals surface area contributed by atoms with Crippen LogP contribution < -0.4 is 0 Å². The number of aliphatic carboxylic acids is 1. The lowest BCUT2D eigenvalue weighted by molar-refractivity contribution is -0.131. The molecule has 154 valence electrons. The molecule has 1 fully saturated rings. The molecular formula is C24H29FN2O2. The first-order chi connectivity index (χ1) is 13.9. The van der Waals surface area contributed by atoms with E-state index in [4.69, 9.17) is 5.11 Å². The maximum Gasteiger partial charge on any atom is 0.327 e. The van der Waals surface area contributed by atoms with Crippen molar-refractivity contribution < 1.29 is 14.3 Å². The van der Waals surface area contributed by atoms with Gasteiger partial charge in [-0.2, -0.15) is 0 Å². The fraction of sp³-hybridized carbons (Fsp3) is 0.458. The fourth-order valence-corrected chi connectivity index (χ4v) is 4.83. The predicted octanol–water partition coefficient (Wildman–Crippen LogP) is 5.33. The number of para-hydroxylation sites is 1. The molecule has 0 bridgehead atoms. The maximum absolute atomic E-state index is 15.1. The molecule has 29 heavy (non-hydrogen) atoms. The number of hydrogen-bond acceptors (Lipinski definition) is 2. The van der Waals surface area contributed by atoms with Gasteiger partial charge >= 0.3 is 5.97 Å². The Labute approximate surface area is 171 Å². The molecule has 0 saturated heterocycles. The zero-order chi connectivity index (χ0) is 20.6. The molecule has 0 radical (unpaired) electrons. The minimum Gasteiger partial charge on any atom is -0.478 e. The van der Waals surface area contributed by atoms with Crippen LogP contribution in [0.2, 0.25) is 0 Å². The molecular weight excluding hydrogens is 367 g/mol. The summed E-state index contributed by atoms with van der Waals surface area (Å²) in [6, 6.07) is 8.44. The number of alkyl halides is 1. The van der Waals surface area contributed by atoms with Crippen LogP contribution in [0, 0.1) is 0 Å². The molecule has 2 aliphatic rings. The normalized spacial score (nSPS) is 23.8. The lowest BCUT2D eigenvalue weighted by atomic mass is 9.79. The molecule has 2 N–H and O–H groups in total. The Kier molecular flexibility index (Phi) is 5.34. The number of allylic oxidation sites excluding steroid dienone is 1. The van der Waals surface area contributed by atoms with Crippen molar-refractivity contribution in [2.24, 2.45) is 0 Å². The lowest BCUT2D eigenvalue weighted by Gasteiger charge is -2.47. The Balaban J connectivity index is 1.67. The Morgan fingerprint density at radius 2 is 2.17 bits per heavy atom. The van der Waals surface area contributed by atoms with Crippen LogP contribution in [0.4, 0.5) is 4.39 Å². The first kappa shape index (κ1) is 19.9. The van der Waals surface area contributed by atoms with E-state index in [2.05, 4.69) is 41.6 Å². The summed E-state index contributed by atoms with van der Waals surface area (Å²) in [4.78, 5) is 16.6.